The molecule has 0 saturated heterocycles. The van der Waals surface area contributed by atoms with E-state index >= 15 is 0 Å². The molecule has 0 spiro atoms. The fourth-order valence-electron chi connectivity index (χ4n) is 2.54. The van der Waals surface area contributed by atoms with Crippen LogP contribution in [-0.4, -0.2) is 29.8 Å². The van der Waals surface area contributed by atoms with Gasteiger partial charge < -0.3 is 4.74 Å². The summed E-state index contributed by atoms with van der Waals surface area (Å²) >= 11 is 0. The predicted molar refractivity (Wildman–Crippen MR) is 71.3 cm³/mol. The number of nitrogens with one attached hydrogen (secondary N) is 1. The van der Waals surface area contributed by atoms with E-state index < -0.39 is 6.09 Å². The lowest BCUT2D eigenvalue weighted by Crippen LogP contribution is -2.24. The van der Waals surface area contributed by atoms with Gasteiger partial charge in [-0.1, -0.05) is 12.1 Å². The molecule has 0 radical (unpaired) electrons. The highest BCUT2D eigenvalue weighted by Gasteiger charge is 2.26. The molecule has 0 fully saturated rings. The Hall–Kier alpha value is -1.85. The summed E-state index contributed by atoms with van der Waals surface area (Å²) in [6, 6.07) is 5.89. The Morgan fingerprint density at radius 1 is 1.68 bits per heavy atom. The number of carbonyl (C=O) groups excluding carboxylic acids is 1. The lowest BCUT2D eigenvalue weighted by atomic mass is 10.1. The molecule has 5 nitrogen and oxygen atoms in total. The lowest BCUT2D eigenvalue weighted by Gasteiger charge is -2.23. The number of ether oxygens (including phenoxy) is 1. The first-order chi connectivity index (χ1) is 9.15. The second-order valence-electron chi connectivity index (χ2n) is 4.64. The van der Waals surface area contributed by atoms with Gasteiger partial charge in [-0.05, 0) is 43.1 Å². The van der Waals surface area contributed by atoms with Crippen LogP contribution in [-0.2, 0) is 6.42 Å². The van der Waals surface area contributed by atoms with E-state index in [4.69, 9.17) is 9.94 Å². The summed E-state index contributed by atoms with van der Waals surface area (Å²) in [7, 11) is 2.05. The molecule has 1 amide bonds. The van der Waals surface area contributed by atoms with Gasteiger partial charge >= 0.3 is 6.09 Å². The zero-order valence-electron chi connectivity index (χ0n) is 10.9. The van der Waals surface area contributed by atoms with Crippen molar-refractivity contribution in [3.63, 3.8) is 0 Å². The average Bonchev–Trinajstić information content (AvgIpc) is 2.82. The number of fused-ring (bicyclic) bond motifs is 1. The molecule has 1 aliphatic rings. The molecule has 0 saturated carbocycles. The molecule has 1 aromatic carbocycles. The van der Waals surface area contributed by atoms with Gasteiger partial charge in [0, 0.05) is 12.6 Å². The first-order valence-electron chi connectivity index (χ1n) is 6.21. The minimum absolute atomic E-state index is 0.314. The van der Waals surface area contributed by atoms with Crippen LogP contribution in [0.2, 0.25) is 0 Å². The maximum Gasteiger partial charge on any atom is 0.436 e. The van der Waals surface area contributed by atoms with Gasteiger partial charge in [-0.2, -0.15) is 0 Å². The van der Waals surface area contributed by atoms with Crippen LogP contribution in [0.25, 0.3) is 0 Å². The van der Waals surface area contributed by atoms with Crippen LogP contribution >= 0.6 is 0 Å². The van der Waals surface area contributed by atoms with Crippen molar-refractivity contribution in [3.05, 3.63) is 42.0 Å². The van der Waals surface area contributed by atoms with Crippen molar-refractivity contribution < 1.29 is 14.7 Å². The second-order valence-corrected chi connectivity index (χ2v) is 4.64. The number of aryl methyl sites for hydroxylation is 1. The Bertz CT molecular complexity index is 488. The molecule has 0 aromatic heterocycles. The molecule has 2 N–H and O–H groups in total. The molecule has 19 heavy (non-hydrogen) atoms. The third-order valence-corrected chi connectivity index (χ3v) is 3.41. The maximum atomic E-state index is 11.0. The smallest absolute Gasteiger partial charge is 0.409 e. The largest absolute Gasteiger partial charge is 0.436 e. The van der Waals surface area contributed by atoms with E-state index in [-0.39, 0.29) is 0 Å². The molecule has 2 rings (SSSR count). The third kappa shape index (κ3) is 2.94. The minimum Gasteiger partial charge on any atom is -0.409 e. The SMILES string of the molecule is C=CCN(C)[C@@H]1CCc2ccc(OC(=O)NO)cc21. The molecule has 5 heteroatoms. The van der Waals surface area contributed by atoms with Gasteiger partial charge in [0.25, 0.3) is 0 Å². The van der Waals surface area contributed by atoms with Gasteiger partial charge in [-0.25, -0.2) is 10.3 Å². The first kappa shape index (κ1) is 13.6. The normalized spacial score (nSPS) is 17.1. The molecule has 1 atom stereocenters. The molecule has 1 aliphatic carbocycles. The molecule has 0 unspecified atom stereocenters. The topological polar surface area (TPSA) is 61.8 Å². The fraction of sp³-hybridized carbons (Fsp3) is 0.357. The molecule has 0 bridgehead atoms. The van der Waals surface area contributed by atoms with Crippen molar-refractivity contribution in [1.82, 2.24) is 10.4 Å². The summed E-state index contributed by atoms with van der Waals surface area (Å²) in [4.78, 5) is 13.2. The van der Waals surface area contributed by atoms with Crippen LogP contribution < -0.4 is 10.2 Å². The number of hydrogen-bond acceptors (Lipinski definition) is 4. The Kier molecular flexibility index (Phi) is 4.19. The molecule has 1 aromatic rings. The van der Waals surface area contributed by atoms with Crippen molar-refractivity contribution in [3.8, 4) is 5.75 Å². The van der Waals surface area contributed by atoms with Crippen LogP contribution in [0.5, 0.6) is 5.75 Å². The van der Waals surface area contributed by atoms with Crippen molar-refractivity contribution in [1.29, 1.82) is 0 Å². The predicted octanol–water partition coefficient (Wildman–Crippen LogP) is 2.27. The third-order valence-electron chi connectivity index (χ3n) is 3.41. The Balaban J connectivity index is 2.20. The number of rotatable bonds is 4. The quantitative estimate of drug-likeness (QED) is 0.496. The van der Waals surface area contributed by atoms with Gasteiger partial charge in [-0.3, -0.25) is 10.1 Å². The van der Waals surface area contributed by atoms with Crippen LogP contribution in [0.1, 0.15) is 23.6 Å². The number of amides is 1. The molecule has 102 valence electrons. The van der Waals surface area contributed by atoms with E-state index in [1.165, 1.54) is 16.6 Å². The van der Waals surface area contributed by atoms with Crippen molar-refractivity contribution in [2.45, 2.75) is 18.9 Å². The summed E-state index contributed by atoms with van der Waals surface area (Å²) < 4.78 is 4.94. The number of benzene rings is 1. The Morgan fingerprint density at radius 3 is 3.16 bits per heavy atom. The Morgan fingerprint density at radius 2 is 2.47 bits per heavy atom. The first-order valence-corrected chi connectivity index (χ1v) is 6.21. The van der Waals surface area contributed by atoms with Gasteiger partial charge in [-0.15, -0.1) is 6.58 Å². The van der Waals surface area contributed by atoms with E-state index in [9.17, 15) is 4.79 Å². The maximum absolute atomic E-state index is 11.0. The van der Waals surface area contributed by atoms with E-state index in [2.05, 4.69) is 18.5 Å². The zero-order valence-corrected chi connectivity index (χ0v) is 10.9. The molecule has 0 heterocycles. The Labute approximate surface area is 112 Å². The van der Waals surface area contributed by atoms with E-state index in [0.717, 1.165) is 19.4 Å². The lowest BCUT2D eigenvalue weighted by molar-refractivity contribution is 0.127. The number of nitrogens with zero attached hydrogens (tertiary/aromatic N) is 1. The molecule has 0 aliphatic heterocycles. The van der Waals surface area contributed by atoms with Crippen molar-refractivity contribution in [2.24, 2.45) is 0 Å². The van der Waals surface area contributed by atoms with Crippen molar-refractivity contribution >= 4 is 6.09 Å². The van der Waals surface area contributed by atoms with Crippen LogP contribution in [0.4, 0.5) is 4.79 Å². The molecular formula is C14H18N2O3. The number of carbonyl (C=O) groups is 1. The summed E-state index contributed by atoms with van der Waals surface area (Å²) in [5, 5.41) is 8.46. The van der Waals surface area contributed by atoms with Crippen LogP contribution in [0.3, 0.4) is 0 Å². The van der Waals surface area contributed by atoms with Gasteiger partial charge in [0.2, 0.25) is 0 Å². The van der Waals surface area contributed by atoms with Crippen LogP contribution in [0.15, 0.2) is 30.9 Å². The van der Waals surface area contributed by atoms with Crippen LogP contribution in [0, 0.1) is 0 Å². The van der Waals surface area contributed by atoms with Crippen molar-refractivity contribution in [2.75, 3.05) is 13.6 Å². The van der Waals surface area contributed by atoms with E-state index in [0.29, 0.717) is 11.8 Å². The van der Waals surface area contributed by atoms with Gasteiger partial charge in [0.15, 0.2) is 0 Å². The second kappa shape index (κ2) is 5.86. The minimum atomic E-state index is -0.881. The van der Waals surface area contributed by atoms with E-state index in [1.54, 1.807) is 6.07 Å². The number of likely N-dealkylation sites (N-methyl/N-ethyl adjacent to an activating group) is 1. The zero-order chi connectivity index (χ0) is 13.8. The van der Waals surface area contributed by atoms with E-state index in [1.807, 2.05) is 18.2 Å². The monoisotopic (exact) mass is 262 g/mol. The summed E-state index contributed by atoms with van der Waals surface area (Å²) in [5.41, 5.74) is 3.90. The molecular weight excluding hydrogens is 244 g/mol. The highest BCUT2D eigenvalue weighted by Crippen LogP contribution is 2.37. The highest BCUT2D eigenvalue weighted by molar-refractivity contribution is 5.69. The summed E-state index contributed by atoms with van der Waals surface area (Å²) in [6.45, 7) is 4.56. The standard InChI is InChI=1S/C14H18N2O3/c1-3-8-16(2)13-7-5-10-4-6-11(9-12(10)13)19-14(17)15-18/h3-4,6,9,13,18H,1,5,7-8H2,2H3,(H,15,17)/t13-/m1/s1. The number of hydroxylamine groups is 1. The summed E-state index contributed by atoms with van der Waals surface area (Å²) in [5.74, 6) is 0.434. The van der Waals surface area contributed by atoms with Gasteiger partial charge in [0.1, 0.15) is 5.75 Å². The highest BCUT2D eigenvalue weighted by atomic mass is 16.6. The van der Waals surface area contributed by atoms with Gasteiger partial charge in [0.05, 0.1) is 0 Å². The number of hydrogen-bond donors (Lipinski definition) is 2. The fourth-order valence-corrected chi connectivity index (χ4v) is 2.54. The summed E-state index contributed by atoms with van der Waals surface area (Å²) in [6.07, 6.45) is 3.06. The average molecular weight is 262 g/mol.